The highest BCUT2D eigenvalue weighted by molar-refractivity contribution is 5.88. The average Bonchev–Trinajstić information content (AvgIpc) is 2.91. The van der Waals surface area contributed by atoms with Crippen LogP contribution in [-0.2, 0) is 47.9 Å². The Morgan fingerprint density at radius 3 is 1.18 bits per heavy atom. The number of hydrogen-bond acceptors (Lipinski definition) is 10. The molecule has 0 bridgehead atoms. The molecule has 1 atom stereocenters. The first-order valence-electron chi connectivity index (χ1n) is 13.2. The molecule has 10 heteroatoms. The van der Waals surface area contributed by atoms with Gasteiger partial charge in [-0.2, -0.15) is 0 Å². The Morgan fingerprint density at radius 2 is 0.825 bits per heavy atom. The summed E-state index contributed by atoms with van der Waals surface area (Å²) in [5, 5.41) is 0. The average molecular weight is 567 g/mol. The van der Waals surface area contributed by atoms with Crippen molar-refractivity contribution in [1.29, 1.82) is 0 Å². The van der Waals surface area contributed by atoms with Crippen LogP contribution in [0.25, 0.3) is 0 Å². The van der Waals surface area contributed by atoms with Crippen LogP contribution in [0.1, 0.15) is 67.2 Å². The Hall–Kier alpha value is -3.24. The molecule has 0 heterocycles. The zero-order valence-corrected chi connectivity index (χ0v) is 25.0. The molecule has 0 spiro atoms. The van der Waals surface area contributed by atoms with Crippen molar-refractivity contribution in [3.8, 4) is 0 Å². The molecule has 0 amide bonds. The van der Waals surface area contributed by atoms with Gasteiger partial charge in [0.25, 0.3) is 0 Å². The Kier molecular flexibility index (Phi) is 16.7. The molecule has 0 aromatic heterocycles. The van der Waals surface area contributed by atoms with Crippen LogP contribution in [0.3, 0.4) is 0 Å². The molecule has 0 N–H and O–H groups in total. The third kappa shape index (κ3) is 13.7. The quantitative estimate of drug-likeness (QED) is 0.0469. The van der Waals surface area contributed by atoms with Gasteiger partial charge in [0.1, 0.15) is 13.2 Å². The highest BCUT2D eigenvalue weighted by Gasteiger charge is 2.34. The van der Waals surface area contributed by atoms with Crippen LogP contribution in [0, 0.1) is 10.8 Å². The first-order valence-corrected chi connectivity index (χ1v) is 13.2. The van der Waals surface area contributed by atoms with Crippen LogP contribution < -0.4 is 0 Å². The fraction of sp³-hybridized carbons (Fsp3) is 0.600. The third-order valence-electron chi connectivity index (χ3n) is 6.45. The van der Waals surface area contributed by atoms with Crippen molar-refractivity contribution in [3.05, 3.63) is 48.6 Å². The van der Waals surface area contributed by atoms with Crippen LogP contribution in [0.4, 0.5) is 0 Å². The van der Waals surface area contributed by atoms with E-state index in [0.717, 1.165) is 0 Å². The van der Waals surface area contributed by atoms with E-state index in [1.807, 2.05) is 13.8 Å². The van der Waals surface area contributed by atoms with Crippen molar-refractivity contribution >= 4 is 23.9 Å². The predicted octanol–water partition coefficient (Wildman–Crippen LogP) is 4.98. The topological polar surface area (TPSA) is 124 Å². The van der Waals surface area contributed by atoms with Crippen molar-refractivity contribution in [2.24, 2.45) is 10.8 Å². The lowest BCUT2D eigenvalue weighted by molar-refractivity contribution is -0.316. The molecular formula is C30H46O10. The van der Waals surface area contributed by atoms with Crippen molar-refractivity contribution in [1.82, 2.24) is 0 Å². The molecule has 1 unspecified atom stereocenters. The van der Waals surface area contributed by atoms with Gasteiger partial charge in [-0.1, -0.05) is 40.2 Å². The molecule has 0 aromatic carbocycles. The first-order chi connectivity index (χ1) is 18.6. The fourth-order valence-electron chi connectivity index (χ4n) is 3.13. The lowest BCUT2D eigenvalue weighted by atomic mass is 9.83. The highest BCUT2D eigenvalue weighted by Crippen LogP contribution is 2.31. The molecule has 0 aromatic rings. The maximum Gasteiger partial charge on any atom is 0.333 e. The normalized spacial score (nSPS) is 12.4. The molecule has 0 aliphatic carbocycles. The second-order valence-electron chi connectivity index (χ2n) is 10.3. The lowest BCUT2D eigenvalue weighted by Gasteiger charge is -2.33. The van der Waals surface area contributed by atoms with Gasteiger partial charge in [0.05, 0.1) is 26.4 Å². The van der Waals surface area contributed by atoms with Gasteiger partial charge in [0, 0.05) is 33.1 Å². The summed E-state index contributed by atoms with van der Waals surface area (Å²) < 4.78 is 21.4. The zero-order chi connectivity index (χ0) is 30.9. The van der Waals surface area contributed by atoms with Crippen LogP contribution in [-0.4, -0.2) is 63.5 Å². The van der Waals surface area contributed by atoms with E-state index in [9.17, 15) is 19.2 Å². The van der Waals surface area contributed by atoms with Gasteiger partial charge in [0.15, 0.2) is 0 Å². The maximum absolute atomic E-state index is 12.0. The Morgan fingerprint density at radius 1 is 0.500 bits per heavy atom. The summed E-state index contributed by atoms with van der Waals surface area (Å²) in [5.41, 5.74) is -0.420. The molecule has 0 rings (SSSR count). The summed E-state index contributed by atoms with van der Waals surface area (Å²) in [6, 6.07) is 0. The van der Waals surface area contributed by atoms with Gasteiger partial charge in [-0.05, 0) is 53.4 Å². The third-order valence-corrected chi connectivity index (χ3v) is 6.45. The van der Waals surface area contributed by atoms with Crippen LogP contribution >= 0.6 is 0 Å². The highest BCUT2D eigenvalue weighted by atomic mass is 17.2. The summed E-state index contributed by atoms with van der Waals surface area (Å²) in [4.78, 5) is 58.9. The maximum atomic E-state index is 12.0. The second-order valence-corrected chi connectivity index (χ2v) is 10.3. The summed E-state index contributed by atoms with van der Waals surface area (Å²) >= 11 is 0. The Bertz CT molecular complexity index is 918. The molecule has 40 heavy (non-hydrogen) atoms. The standard InChI is InChI=1S/C30H46O10/c1-11-29(17-36-26(32)22(5)6,18-37-27(33)23(7)8)14-16-39-40-20-30(12-2,19-38-28(34)24(9)10)13-15-35-25(31)21(3)4/h3,5,7,9,11-20H2,1-2,4,6,8,10H3. The minimum Gasteiger partial charge on any atom is -0.462 e. The monoisotopic (exact) mass is 566 g/mol. The zero-order valence-electron chi connectivity index (χ0n) is 25.0. The number of rotatable bonds is 21. The van der Waals surface area contributed by atoms with E-state index < -0.39 is 34.7 Å². The number of carbonyl (C=O) groups is 4. The van der Waals surface area contributed by atoms with Crippen LogP contribution in [0.5, 0.6) is 0 Å². The van der Waals surface area contributed by atoms with E-state index in [2.05, 4.69) is 26.3 Å². The SMILES string of the molecule is C=C(C)C(=O)OCCC(CC)(COOCCC(CC)(COC(=O)C(=C)C)COC(=O)C(=C)C)COC(=O)C(=C)C. The molecule has 0 saturated carbocycles. The van der Waals surface area contributed by atoms with E-state index in [0.29, 0.717) is 25.7 Å². The molecule has 0 aliphatic rings. The summed E-state index contributed by atoms with van der Waals surface area (Å²) in [7, 11) is 0. The van der Waals surface area contributed by atoms with Crippen LogP contribution in [0.15, 0.2) is 48.6 Å². The van der Waals surface area contributed by atoms with E-state index >= 15 is 0 Å². The molecule has 226 valence electrons. The van der Waals surface area contributed by atoms with Crippen molar-refractivity contribution in [3.63, 3.8) is 0 Å². The minimum absolute atomic E-state index is 0.00418. The van der Waals surface area contributed by atoms with Gasteiger partial charge >= 0.3 is 23.9 Å². The summed E-state index contributed by atoms with van der Waals surface area (Å²) in [6.45, 7) is 24.4. The molecule has 0 saturated heterocycles. The molecule has 10 nitrogen and oxygen atoms in total. The van der Waals surface area contributed by atoms with E-state index in [4.69, 9.17) is 28.7 Å². The number of hydrogen-bond donors (Lipinski definition) is 0. The number of ether oxygens (including phenoxy) is 4. The van der Waals surface area contributed by atoms with Crippen molar-refractivity contribution in [2.45, 2.75) is 67.2 Å². The number of esters is 4. The second kappa shape index (κ2) is 18.2. The summed E-state index contributed by atoms with van der Waals surface area (Å²) in [5.74, 6) is -2.16. The Labute approximate surface area is 238 Å². The first kappa shape index (κ1) is 36.8. The molecule has 0 aliphatic heterocycles. The van der Waals surface area contributed by atoms with Crippen molar-refractivity contribution < 1.29 is 47.9 Å². The van der Waals surface area contributed by atoms with Gasteiger partial charge in [-0.15, -0.1) is 0 Å². The van der Waals surface area contributed by atoms with E-state index in [-0.39, 0.29) is 61.9 Å². The molecule has 0 radical (unpaired) electrons. The largest absolute Gasteiger partial charge is 0.462 e. The van der Waals surface area contributed by atoms with Gasteiger partial charge < -0.3 is 18.9 Å². The van der Waals surface area contributed by atoms with Gasteiger partial charge in [-0.25, -0.2) is 29.0 Å². The van der Waals surface area contributed by atoms with Crippen molar-refractivity contribution in [2.75, 3.05) is 39.6 Å². The molecule has 0 fully saturated rings. The number of carbonyl (C=O) groups excluding carboxylic acids is 4. The summed E-state index contributed by atoms with van der Waals surface area (Å²) in [6.07, 6.45) is 1.70. The molecular weight excluding hydrogens is 520 g/mol. The van der Waals surface area contributed by atoms with Gasteiger partial charge in [-0.3, -0.25) is 0 Å². The fourth-order valence-corrected chi connectivity index (χ4v) is 3.13. The lowest BCUT2D eigenvalue weighted by Crippen LogP contribution is -2.36. The minimum atomic E-state index is -0.741. The smallest absolute Gasteiger partial charge is 0.333 e. The van der Waals surface area contributed by atoms with E-state index in [1.165, 1.54) is 0 Å². The van der Waals surface area contributed by atoms with E-state index in [1.54, 1.807) is 27.7 Å². The van der Waals surface area contributed by atoms with Gasteiger partial charge in [0.2, 0.25) is 0 Å². The Balaban J connectivity index is 5.37. The van der Waals surface area contributed by atoms with Crippen LogP contribution in [0.2, 0.25) is 0 Å². The predicted molar refractivity (Wildman–Crippen MR) is 150 cm³/mol.